The molecule has 11 rings (SSSR count). The minimum absolute atomic E-state index is 1.18. The summed E-state index contributed by atoms with van der Waals surface area (Å²) in [5, 5.41) is 10.2. The van der Waals surface area contributed by atoms with Crippen LogP contribution in [0.25, 0.3) is 97.1 Å². The van der Waals surface area contributed by atoms with E-state index in [1.165, 1.54) is 97.1 Å². The van der Waals surface area contributed by atoms with Crippen molar-refractivity contribution in [2.24, 2.45) is 0 Å². The second kappa shape index (κ2) is 10.2. The molecule has 0 radical (unpaired) electrons. The van der Waals surface area contributed by atoms with Gasteiger partial charge in [0.1, 0.15) is 0 Å². The number of aromatic nitrogens is 2. The standard InChI is InChI=1S/C46H28N2S/c1-2-12-32(13-3-1)47-41-25-22-31(28-39(41)36-24-21-29-11-4-5-14-33(29)45(36)47)30-23-26-42-38(27-30)34-15-6-8-18-40(34)48(42)43-19-10-17-37-35-16-7-9-20-44(35)49-46(37)43/h1-28H. The van der Waals surface area contributed by atoms with Crippen LogP contribution in [0.2, 0.25) is 0 Å². The van der Waals surface area contributed by atoms with Gasteiger partial charge in [0, 0.05) is 48.1 Å². The normalized spacial score (nSPS) is 12.1. The molecule has 11 aromatic rings. The molecule has 0 saturated heterocycles. The van der Waals surface area contributed by atoms with Gasteiger partial charge >= 0.3 is 0 Å². The van der Waals surface area contributed by atoms with Gasteiger partial charge in [-0.15, -0.1) is 11.3 Å². The first-order valence-corrected chi connectivity index (χ1v) is 17.6. The summed E-state index contributed by atoms with van der Waals surface area (Å²) >= 11 is 1.88. The van der Waals surface area contributed by atoms with Gasteiger partial charge in [-0.1, -0.05) is 115 Å². The van der Waals surface area contributed by atoms with Crippen molar-refractivity contribution in [1.29, 1.82) is 0 Å². The molecule has 3 heteroatoms. The van der Waals surface area contributed by atoms with Crippen molar-refractivity contribution in [2.75, 3.05) is 0 Å². The van der Waals surface area contributed by atoms with E-state index in [0.717, 1.165) is 0 Å². The minimum atomic E-state index is 1.18. The average molecular weight is 641 g/mol. The molecule has 49 heavy (non-hydrogen) atoms. The summed E-state index contributed by atoms with van der Waals surface area (Å²) in [7, 11) is 0. The van der Waals surface area contributed by atoms with E-state index < -0.39 is 0 Å². The highest BCUT2D eigenvalue weighted by Gasteiger charge is 2.19. The van der Waals surface area contributed by atoms with Crippen molar-refractivity contribution in [2.45, 2.75) is 0 Å². The average Bonchev–Trinajstić information content (AvgIpc) is 3.82. The van der Waals surface area contributed by atoms with E-state index in [2.05, 4.69) is 179 Å². The van der Waals surface area contributed by atoms with E-state index >= 15 is 0 Å². The zero-order chi connectivity index (χ0) is 32.1. The molecular formula is C46H28N2S. The zero-order valence-electron chi connectivity index (χ0n) is 26.5. The van der Waals surface area contributed by atoms with Gasteiger partial charge in [-0.3, -0.25) is 0 Å². The molecule has 8 aromatic carbocycles. The highest BCUT2D eigenvalue weighted by molar-refractivity contribution is 7.26. The maximum Gasteiger partial charge on any atom is 0.0640 e. The van der Waals surface area contributed by atoms with Gasteiger partial charge < -0.3 is 9.13 Å². The highest BCUT2D eigenvalue weighted by atomic mass is 32.1. The van der Waals surface area contributed by atoms with Gasteiger partial charge in [-0.25, -0.2) is 0 Å². The first-order chi connectivity index (χ1) is 24.3. The fourth-order valence-corrected chi connectivity index (χ4v) is 9.33. The van der Waals surface area contributed by atoms with Gasteiger partial charge in [0.05, 0.1) is 32.5 Å². The lowest BCUT2D eigenvalue weighted by atomic mass is 10.00. The van der Waals surface area contributed by atoms with Crippen LogP contribution >= 0.6 is 11.3 Å². The number of nitrogens with zero attached hydrogens (tertiary/aromatic N) is 2. The molecule has 3 aromatic heterocycles. The summed E-state index contributed by atoms with van der Waals surface area (Å²) in [6.07, 6.45) is 0. The van der Waals surface area contributed by atoms with Crippen LogP contribution in [0, 0.1) is 0 Å². The molecule has 0 N–H and O–H groups in total. The van der Waals surface area contributed by atoms with Crippen LogP contribution in [-0.2, 0) is 0 Å². The van der Waals surface area contributed by atoms with Gasteiger partial charge in [0.15, 0.2) is 0 Å². The second-order valence-electron chi connectivity index (χ2n) is 12.9. The highest BCUT2D eigenvalue weighted by Crippen LogP contribution is 2.43. The fraction of sp³-hybridized carbons (Fsp3) is 0. The van der Waals surface area contributed by atoms with E-state index in [0.29, 0.717) is 0 Å². The molecule has 0 amide bonds. The summed E-state index contributed by atoms with van der Waals surface area (Å²) in [5.41, 5.74) is 9.78. The van der Waals surface area contributed by atoms with E-state index in [4.69, 9.17) is 0 Å². The van der Waals surface area contributed by atoms with E-state index in [9.17, 15) is 0 Å². The van der Waals surface area contributed by atoms with Gasteiger partial charge in [0.25, 0.3) is 0 Å². The quantitative estimate of drug-likeness (QED) is 0.182. The molecule has 0 unspecified atom stereocenters. The summed E-state index contributed by atoms with van der Waals surface area (Å²) in [4.78, 5) is 0. The summed E-state index contributed by atoms with van der Waals surface area (Å²) < 4.78 is 7.55. The number of para-hydroxylation sites is 2. The lowest BCUT2D eigenvalue weighted by Crippen LogP contribution is -1.94. The Hall–Kier alpha value is -6.16. The van der Waals surface area contributed by atoms with Crippen LogP contribution in [0.15, 0.2) is 170 Å². The molecule has 0 aliphatic carbocycles. The zero-order valence-corrected chi connectivity index (χ0v) is 27.3. The number of benzene rings is 8. The number of fused-ring (bicyclic) bond motifs is 11. The smallest absolute Gasteiger partial charge is 0.0640 e. The number of hydrogen-bond donors (Lipinski definition) is 0. The molecule has 0 aliphatic rings. The molecule has 0 aliphatic heterocycles. The Morgan fingerprint density at radius 2 is 1.00 bits per heavy atom. The van der Waals surface area contributed by atoms with Crippen molar-refractivity contribution in [1.82, 2.24) is 9.13 Å². The van der Waals surface area contributed by atoms with Crippen LogP contribution in [0.5, 0.6) is 0 Å². The molecule has 0 fully saturated rings. The van der Waals surface area contributed by atoms with Crippen LogP contribution in [-0.4, -0.2) is 9.13 Å². The number of hydrogen-bond acceptors (Lipinski definition) is 1. The Balaban J connectivity index is 1.15. The van der Waals surface area contributed by atoms with Gasteiger partial charge in [0.2, 0.25) is 0 Å². The Bertz CT molecular complexity index is 3100. The Kier molecular flexibility index (Phi) is 5.57. The van der Waals surface area contributed by atoms with Crippen LogP contribution in [0.1, 0.15) is 0 Å². The summed E-state index contributed by atoms with van der Waals surface area (Å²) in [6, 6.07) is 62.4. The van der Waals surface area contributed by atoms with Crippen molar-refractivity contribution in [3.63, 3.8) is 0 Å². The van der Waals surface area contributed by atoms with E-state index in [1.54, 1.807) is 0 Å². The monoisotopic (exact) mass is 640 g/mol. The van der Waals surface area contributed by atoms with Crippen LogP contribution in [0.3, 0.4) is 0 Å². The van der Waals surface area contributed by atoms with Crippen molar-refractivity contribution >= 4 is 85.9 Å². The SMILES string of the molecule is c1ccc(-n2c3ccc(-c4ccc5c(c4)c4ccccc4n5-c4cccc5c4sc4ccccc45)cc3c3ccc4ccccc4c32)cc1. The predicted octanol–water partition coefficient (Wildman–Crippen LogP) is 13.1. The van der Waals surface area contributed by atoms with Gasteiger partial charge in [-0.05, 0) is 71.1 Å². The van der Waals surface area contributed by atoms with Crippen molar-refractivity contribution in [3.05, 3.63) is 170 Å². The fourth-order valence-electron chi connectivity index (χ4n) is 8.13. The lowest BCUT2D eigenvalue weighted by Gasteiger charge is -2.10. The lowest BCUT2D eigenvalue weighted by molar-refractivity contribution is 1.19. The Morgan fingerprint density at radius 3 is 1.84 bits per heavy atom. The van der Waals surface area contributed by atoms with Gasteiger partial charge in [-0.2, -0.15) is 0 Å². The third-order valence-electron chi connectivity index (χ3n) is 10.3. The molecule has 228 valence electrons. The number of rotatable bonds is 3. The predicted molar refractivity (Wildman–Crippen MR) is 211 cm³/mol. The van der Waals surface area contributed by atoms with Crippen LogP contribution in [0.4, 0.5) is 0 Å². The second-order valence-corrected chi connectivity index (χ2v) is 14.0. The molecule has 0 bridgehead atoms. The molecule has 2 nitrogen and oxygen atoms in total. The largest absolute Gasteiger partial charge is 0.309 e. The van der Waals surface area contributed by atoms with Crippen LogP contribution < -0.4 is 0 Å². The maximum absolute atomic E-state index is 2.47. The molecule has 0 spiro atoms. The third kappa shape index (κ3) is 3.82. The minimum Gasteiger partial charge on any atom is -0.309 e. The summed E-state index contributed by atoms with van der Waals surface area (Å²) in [6.45, 7) is 0. The van der Waals surface area contributed by atoms with E-state index in [1.807, 2.05) is 11.3 Å². The maximum atomic E-state index is 2.47. The molecular weight excluding hydrogens is 613 g/mol. The molecule has 3 heterocycles. The first kappa shape index (κ1) is 26.9. The summed E-state index contributed by atoms with van der Waals surface area (Å²) in [5.74, 6) is 0. The van der Waals surface area contributed by atoms with Crippen molar-refractivity contribution in [3.8, 4) is 22.5 Å². The molecule has 0 atom stereocenters. The number of thiophene rings is 1. The van der Waals surface area contributed by atoms with Crippen molar-refractivity contribution < 1.29 is 0 Å². The Labute approximate surface area is 286 Å². The first-order valence-electron chi connectivity index (χ1n) is 16.8. The Morgan fingerprint density at radius 1 is 0.367 bits per heavy atom. The van der Waals surface area contributed by atoms with E-state index in [-0.39, 0.29) is 0 Å². The third-order valence-corrected chi connectivity index (χ3v) is 11.5. The molecule has 0 saturated carbocycles. The topological polar surface area (TPSA) is 9.86 Å².